The van der Waals surface area contributed by atoms with Gasteiger partial charge in [0.05, 0.1) is 11.6 Å². The van der Waals surface area contributed by atoms with E-state index in [0.29, 0.717) is 5.56 Å². The van der Waals surface area contributed by atoms with E-state index < -0.39 is 0 Å². The highest BCUT2D eigenvalue weighted by Crippen LogP contribution is 2.28. The molecule has 29 heavy (non-hydrogen) atoms. The molecule has 0 N–H and O–H groups in total. The first-order chi connectivity index (χ1) is 14.1. The number of unbranched alkanes of at least 4 members (excludes halogenated alkanes) is 1. The second kappa shape index (κ2) is 7.89. The van der Waals surface area contributed by atoms with Crippen LogP contribution in [-0.2, 0) is 6.42 Å². The smallest absolute Gasteiger partial charge is 0.164 e. The Bertz CT molecular complexity index is 1210. The number of fused-ring (bicyclic) bond motifs is 1. The summed E-state index contributed by atoms with van der Waals surface area (Å²) in [6, 6.07) is 18.3. The molecule has 4 aromatic rings. The van der Waals surface area contributed by atoms with E-state index in [4.69, 9.17) is 9.97 Å². The van der Waals surface area contributed by atoms with Crippen LogP contribution in [0.3, 0.4) is 0 Å². The van der Waals surface area contributed by atoms with E-state index in [1.54, 1.807) is 0 Å². The molecule has 0 amide bonds. The first-order valence-corrected chi connectivity index (χ1v) is 10.1. The van der Waals surface area contributed by atoms with Gasteiger partial charge in [0.1, 0.15) is 11.3 Å². The van der Waals surface area contributed by atoms with E-state index in [2.05, 4.69) is 55.7 Å². The van der Waals surface area contributed by atoms with Crippen LogP contribution in [0.5, 0.6) is 0 Å². The number of nitriles is 1. The van der Waals surface area contributed by atoms with Crippen LogP contribution in [0.1, 0.15) is 42.3 Å². The molecule has 0 bridgehead atoms. The Morgan fingerprint density at radius 3 is 2.52 bits per heavy atom. The summed E-state index contributed by atoms with van der Waals surface area (Å²) >= 11 is 0. The highest BCUT2D eigenvalue weighted by Gasteiger charge is 2.16. The number of pyridine rings is 1. The quantitative estimate of drug-likeness (QED) is 0.432. The maximum atomic E-state index is 9.40. The van der Waals surface area contributed by atoms with Crippen molar-refractivity contribution in [1.29, 1.82) is 5.26 Å². The van der Waals surface area contributed by atoms with Crippen molar-refractivity contribution >= 4 is 11.2 Å². The van der Waals surface area contributed by atoms with Gasteiger partial charge in [-0.2, -0.15) is 5.26 Å². The molecule has 0 saturated carbocycles. The molecule has 0 saturated heterocycles. The molecular weight excluding hydrogens is 356 g/mol. The van der Waals surface area contributed by atoms with Gasteiger partial charge in [-0.25, -0.2) is 9.97 Å². The minimum Gasteiger partial charge on any atom is -0.281 e. The van der Waals surface area contributed by atoms with E-state index in [0.717, 1.165) is 58.6 Å². The van der Waals surface area contributed by atoms with Crippen LogP contribution in [0.25, 0.3) is 28.0 Å². The summed E-state index contributed by atoms with van der Waals surface area (Å²) in [4.78, 5) is 9.66. The third-order valence-electron chi connectivity index (χ3n) is 5.49. The lowest BCUT2D eigenvalue weighted by atomic mass is 10.0. The van der Waals surface area contributed by atoms with Gasteiger partial charge >= 0.3 is 0 Å². The predicted octanol–water partition coefficient (Wildman–Crippen LogP) is 5.92. The Morgan fingerprint density at radius 2 is 1.79 bits per heavy atom. The highest BCUT2D eigenvalue weighted by atomic mass is 15.1. The van der Waals surface area contributed by atoms with Gasteiger partial charge in [0.2, 0.25) is 0 Å². The Kier molecular flexibility index (Phi) is 5.14. The molecule has 0 radical (unpaired) electrons. The Balaban J connectivity index is 1.84. The number of aromatic nitrogens is 3. The standard InChI is InChI=1S/C25H24N4/c1-4-5-10-23-28-24-18(3)17(2)16-27-25(24)29(23)21-13-11-19(12-14-21)22-9-7-6-8-20(22)15-26/h6-9,11-14,16H,4-5,10H2,1-3H3. The molecule has 0 aliphatic rings. The molecule has 4 heteroatoms. The predicted molar refractivity (Wildman–Crippen MR) is 117 cm³/mol. The lowest BCUT2D eigenvalue weighted by Gasteiger charge is -2.11. The lowest BCUT2D eigenvalue weighted by molar-refractivity contribution is 0.743. The summed E-state index contributed by atoms with van der Waals surface area (Å²) in [6.07, 6.45) is 5.06. The van der Waals surface area contributed by atoms with Gasteiger partial charge in [0.15, 0.2) is 5.65 Å². The molecule has 144 valence electrons. The fraction of sp³-hybridized carbons (Fsp3) is 0.240. The second-order valence-corrected chi connectivity index (χ2v) is 7.41. The lowest BCUT2D eigenvalue weighted by Crippen LogP contribution is -2.02. The van der Waals surface area contributed by atoms with Crippen molar-refractivity contribution < 1.29 is 0 Å². The van der Waals surface area contributed by atoms with Crippen molar-refractivity contribution in [2.24, 2.45) is 0 Å². The van der Waals surface area contributed by atoms with Crippen LogP contribution in [0.4, 0.5) is 0 Å². The van der Waals surface area contributed by atoms with Gasteiger partial charge in [-0.05, 0) is 60.7 Å². The van der Waals surface area contributed by atoms with Gasteiger partial charge in [0, 0.05) is 18.3 Å². The summed E-state index contributed by atoms with van der Waals surface area (Å²) < 4.78 is 2.18. The number of aryl methyl sites for hydroxylation is 3. The molecule has 4 rings (SSSR count). The molecule has 0 atom stereocenters. The topological polar surface area (TPSA) is 54.5 Å². The van der Waals surface area contributed by atoms with E-state index in [1.165, 1.54) is 5.56 Å². The fourth-order valence-corrected chi connectivity index (χ4v) is 3.67. The fourth-order valence-electron chi connectivity index (χ4n) is 3.67. The molecule has 2 aromatic carbocycles. The van der Waals surface area contributed by atoms with Crippen molar-refractivity contribution in [3.8, 4) is 22.9 Å². The van der Waals surface area contributed by atoms with Gasteiger partial charge in [-0.3, -0.25) is 4.57 Å². The van der Waals surface area contributed by atoms with Crippen LogP contribution in [0.15, 0.2) is 54.7 Å². The minimum absolute atomic E-state index is 0.685. The van der Waals surface area contributed by atoms with Crippen molar-refractivity contribution in [3.63, 3.8) is 0 Å². The van der Waals surface area contributed by atoms with Gasteiger partial charge in [-0.1, -0.05) is 43.7 Å². The van der Waals surface area contributed by atoms with E-state index in [1.807, 2.05) is 30.5 Å². The molecule has 0 spiro atoms. The van der Waals surface area contributed by atoms with Gasteiger partial charge < -0.3 is 0 Å². The first-order valence-electron chi connectivity index (χ1n) is 10.1. The summed E-state index contributed by atoms with van der Waals surface area (Å²) in [5, 5.41) is 9.40. The maximum Gasteiger partial charge on any atom is 0.164 e. The third-order valence-corrected chi connectivity index (χ3v) is 5.49. The summed E-state index contributed by atoms with van der Waals surface area (Å²) in [5.41, 5.74) is 7.95. The number of hydrogen-bond acceptors (Lipinski definition) is 3. The zero-order valence-corrected chi connectivity index (χ0v) is 17.1. The van der Waals surface area contributed by atoms with Crippen LogP contribution < -0.4 is 0 Å². The highest BCUT2D eigenvalue weighted by molar-refractivity contribution is 5.79. The number of benzene rings is 2. The van der Waals surface area contributed by atoms with E-state index >= 15 is 0 Å². The number of hydrogen-bond donors (Lipinski definition) is 0. The Hall–Kier alpha value is -3.45. The zero-order valence-electron chi connectivity index (χ0n) is 17.1. The van der Waals surface area contributed by atoms with Gasteiger partial charge in [0.25, 0.3) is 0 Å². The average Bonchev–Trinajstić information content (AvgIpc) is 3.14. The monoisotopic (exact) mass is 380 g/mol. The number of rotatable bonds is 5. The largest absolute Gasteiger partial charge is 0.281 e. The second-order valence-electron chi connectivity index (χ2n) is 7.41. The van der Waals surface area contributed by atoms with E-state index in [9.17, 15) is 5.26 Å². The average molecular weight is 380 g/mol. The van der Waals surface area contributed by atoms with Crippen molar-refractivity contribution in [1.82, 2.24) is 14.5 Å². The Morgan fingerprint density at radius 1 is 1.03 bits per heavy atom. The minimum atomic E-state index is 0.685. The maximum absolute atomic E-state index is 9.40. The molecule has 0 aliphatic carbocycles. The first kappa shape index (κ1) is 18.9. The number of imidazole rings is 1. The normalized spacial score (nSPS) is 11.0. The van der Waals surface area contributed by atoms with Crippen LogP contribution in [-0.4, -0.2) is 14.5 Å². The molecule has 2 aromatic heterocycles. The SMILES string of the molecule is CCCCc1nc2c(C)c(C)cnc2n1-c1ccc(-c2ccccc2C#N)cc1. The van der Waals surface area contributed by atoms with Crippen LogP contribution >= 0.6 is 0 Å². The third kappa shape index (κ3) is 3.40. The van der Waals surface area contributed by atoms with Crippen molar-refractivity contribution in [2.75, 3.05) is 0 Å². The summed E-state index contributed by atoms with van der Waals surface area (Å²) in [5.74, 6) is 1.05. The summed E-state index contributed by atoms with van der Waals surface area (Å²) in [6.45, 7) is 6.39. The zero-order chi connectivity index (χ0) is 20.4. The van der Waals surface area contributed by atoms with Crippen molar-refractivity contribution in [2.45, 2.75) is 40.0 Å². The molecule has 0 fully saturated rings. The van der Waals surface area contributed by atoms with Gasteiger partial charge in [-0.15, -0.1) is 0 Å². The molecule has 4 nitrogen and oxygen atoms in total. The van der Waals surface area contributed by atoms with Crippen LogP contribution in [0, 0.1) is 25.2 Å². The molecular formula is C25H24N4. The Labute approximate surface area is 171 Å². The van der Waals surface area contributed by atoms with E-state index in [-0.39, 0.29) is 0 Å². The van der Waals surface area contributed by atoms with Crippen molar-refractivity contribution in [3.05, 3.63) is 77.2 Å². The number of nitrogens with zero attached hydrogens (tertiary/aromatic N) is 4. The van der Waals surface area contributed by atoms with Crippen LogP contribution in [0.2, 0.25) is 0 Å². The molecule has 0 unspecified atom stereocenters. The summed E-state index contributed by atoms with van der Waals surface area (Å²) in [7, 11) is 0. The molecule has 0 aliphatic heterocycles. The molecule has 2 heterocycles.